The summed E-state index contributed by atoms with van der Waals surface area (Å²) in [6.07, 6.45) is -0.372. The van der Waals surface area contributed by atoms with Gasteiger partial charge in [-0.2, -0.15) is 0 Å². The van der Waals surface area contributed by atoms with Crippen molar-refractivity contribution in [2.45, 2.75) is 38.4 Å². The number of carbonyl (C=O) groups is 1. The number of aliphatic hydroxyl groups excluding tert-OH is 1. The number of guanidine groups is 1. The predicted octanol–water partition coefficient (Wildman–Crippen LogP) is 3.42. The van der Waals surface area contributed by atoms with Crippen LogP contribution in [0.3, 0.4) is 0 Å². The fourth-order valence-electron chi connectivity index (χ4n) is 3.57. The molecule has 0 aromatic heterocycles. The molecule has 0 saturated carbocycles. The SMILES string of the molecule is CCNC(=NCC(O)COC(C)c1ccccc1)NCC1CC(=O)Nc2ccccc21.I. The molecule has 7 nitrogen and oxygen atoms in total. The second-order valence-electron chi connectivity index (χ2n) is 7.68. The molecule has 1 amide bonds. The Balaban J connectivity index is 0.00000363. The Hall–Kier alpha value is -2.17. The van der Waals surface area contributed by atoms with E-state index < -0.39 is 6.10 Å². The van der Waals surface area contributed by atoms with Crippen molar-refractivity contribution >= 4 is 41.5 Å². The average Bonchev–Trinajstić information content (AvgIpc) is 2.79. The van der Waals surface area contributed by atoms with Gasteiger partial charge in [0.1, 0.15) is 0 Å². The summed E-state index contributed by atoms with van der Waals surface area (Å²) in [6, 6.07) is 17.8. The molecule has 4 N–H and O–H groups in total. The summed E-state index contributed by atoms with van der Waals surface area (Å²) in [4.78, 5) is 16.5. The van der Waals surface area contributed by atoms with Gasteiger partial charge in [0.25, 0.3) is 0 Å². The van der Waals surface area contributed by atoms with Gasteiger partial charge in [-0.15, -0.1) is 24.0 Å². The number of carbonyl (C=O) groups excluding carboxylic acids is 1. The minimum absolute atomic E-state index is 0. The van der Waals surface area contributed by atoms with Crippen LogP contribution in [0.2, 0.25) is 0 Å². The molecule has 0 fully saturated rings. The largest absolute Gasteiger partial charge is 0.389 e. The van der Waals surface area contributed by atoms with Gasteiger partial charge in [-0.05, 0) is 31.0 Å². The van der Waals surface area contributed by atoms with E-state index in [1.807, 2.05) is 68.4 Å². The quantitative estimate of drug-likeness (QED) is 0.217. The first-order valence-corrected chi connectivity index (χ1v) is 10.8. The summed E-state index contributed by atoms with van der Waals surface area (Å²) in [5, 5.41) is 19.7. The van der Waals surface area contributed by atoms with Crippen molar-refractivity contribution in [3.63, 3.8) is 0 Å². The van der Waals surface area contributed by atoms with Gasteiger partial charge < -0.3 is 25.8 Å². The summed E-state index contributed by atoms with van der Waals surface area (Å²) in [5.74, 6) is 0.697. The van der Waals surface area contributed by atoms with Crippen LogP contribution >= 0.6 is 24.0 Å². The maximum absolute atomic E-state index is 12.0. The van der Waals surface area contributed by atoms with Crippen LogP contribution in [0.4, 0.5) is 5.69 Å². The third-order valence-electron chi connectivity index (χ3n) is 5.23. The van der Waals surface area contributed by atoms with Gasteiger partial charge in [0.05, 0.1) is 25.4 Å². The maximum Gasteiger partial charge on any atom is 0.225 e. The van der Waals surface area contributed by atoms with Crippen LogP contribution in [0.25, 0.3) is 0 Å². The molecule has 0 saturated heterocycles. The number of aliphatic imine (C=N–C) groups is 1. The van der Waals surface area contributed by atoms with Crippen molar-refractivity contribution < 1.29 is 14.6 Å². The lowest BCUT2D eigenvalue weighted by molar-refractivity contribution is -0.116. The lowest BCUT2D eigenvalue weighted by atomic mass is 9.90. The summed E-state index contributed by atoms with van der Waals surface area (Å²) >= 11 is 0. The number of anilines is 1. The minimum atomic E-state index is -0.706. The second kappa shape index (κ2) is 13.4. The fourth-order valence-corrected chi connectivity index (χ4v) is 3.57. The number of hydrogen-bond donors (Lipinski definition) is 4. The number of para-hydroxylation sites is 1. The van der Waals surface area contributed by atoms with E-state index in [1.54, 1.807) is 0 Å². The van der Waals surface area contributed by atoms with E-state index in [0.29, 0.717) is 25.5 Å². The monoisotopic (exact) mass is 552 g/mol. The van der Waals surface area contributed by atoms with E-state index in [9.17, 15) is 9.90 Å². The molecule has 2 aromatic rings. The number of halogens is 1. The normalized spacial score (nSPS) is 17.4. The number of fused-ring (bicyclic) bond motifs is 1. The number of amides is 1. The smallest absolute Gasteiger partial charge is 0.225 e. The van der Waals surface area contributed by atoms with Gasteiger partial charge in [-0.1, -0.05) is 48.5 Å². The molecule has 3 atom stereocenters. The molecule has 32 heavy (non-hydrogen) atoms. The Morgan fingerprint density at radius 1 is 1.19 bits per heavy atom. The van der Waals surface area contributed by atoms with Crippen molar-refractivity contribution in [3.8, 4) is 0 Å². The van der Waals surface area contributed by atoms with Crippen LogP contribution in [0.5, 0.6) is 0 Å². The fraction of sp³-hybridized carbons (Fsp3) is 0.417. The van der Waals surface area contributed by atoms with Crippen LogP contribution in [0.1, 0.15) is 43.4 Å². The minimum Gasteiger partial charge on any atom is -0.389 e. The van der Waals surface area contributed by atoms with E-state index in [1.165, 1.54) is 0 Å². The molecule has 8 heteroatoms. The second-order valence-corrected chi connectivity index (χ2v) is 7.68. The zero-order chi connectivity index (χ0) is 22.1. The molecule has 3 unspecified atom stereocenters. The van der Waals surface area contributed by atoms with E-state index in [4.69, 9.17) is 4.74 Å². The van der Waals surface area contributed by atoms with E-state index >= 15 is 0 Å². The standard InChI is InChI=1S/C24H32N4O3.HI/c1-3-25-24(26-14-19-13-23(30)28-22-12-8-7-11-21(19)22)27-15-20(29)16-31-17(2)18-9-5-4-6-10-18;/h4-12,17,19-20,29H,3,13-16H2,1-2H3,(H,28,30)(H2,25,26,27);1H. The molecule has 1 aliphatic rings. The lowest BCUT2D eigenvalue weighted by Gasteiger charge is -2.26. The first kappa shape index (κ1) is 26.1. The van der Waals surface area contributed by atoms with Gasteiger partial charge in [0, 0.05) is 31.1 Å². The molecule has 1 heterocycles. The Morgan fingerprint density at radius 3 is 2.66 bits per heavy atom. The number of ether oxygens (including phenoxy) is 1. The number of rotatable bonds is 9. The van der Waals surface area contributed by atoms with Crippen LogP contribution < -0.4 is 16.0 Å². The Bertz CT molecular complexity index is 879. The summed E-state index contributed by atoms with van der Waals surface area (Å²) in [7, 11) is 0. The van der Waals surface area contributed by atoms with E-state index in [-0.39, 0.29) is 55.1 Å². The molecular weight excluding hydrogens is 519 g/mol. The summed E-state index contributed by atoms with van der Waals surface area (Å²) in [5.41, 5.74) is 3.06. The van der Waals surface area contributed by atoms with Crippen LogP contribution in [0, 0.1) is 0 Å². The molecule has 1 aliphatic heterocycles. The van der Waals surface area contributed by atoms with Gasteiger partial charge in [-0.3, -0.25) is 9.79 Å². The van der Waals surface area contributed by atoms with Gasteiger partial charge in [0.2, 0.25) is 5.91 Å². The highest BCUT2D eigenvalue weighted by Crippen LogP contribution is 2.31. The molecular formula is C24H33IN4O3. The molecule has 3 rings (SSSR count). The Labute approximate surface area is 207 Å². The van der Waals surface area contributed by atoms with Crippen LogP contribution in [0.15, 0.2) is 59.6 Å². The predicted molar refractivity (Wildman–Crippen MR) is 139 cm³/mol. The number of nitrogens with one attached hydrogen (secondary N) is 3. The molecule has 0 aliphatic carbocycles. The third-order valence-corrected chi connectivity index (χ3v) is 5.23. The molecule has 174 valence electrons. The zero-order valence-corrected chi connectivity index (χ0v) is 20.9. The van der Waals surface area contributed by atoms with Gasteiger partial charge in [-0.25, -0.2) is 0 Å². The van der Waals surface area contributed by atoms with Crippen molar-refractivity contribution in [2.24, 2.45) is 4.99 Å². The summed E-state index contributed by atoms with van der Waals surface area (Å²) < 4.78 is 5.78. The molecule has 0 bridgehead atoms. The molecule has 0 radical (unpaired) electrons. The van der Waals surface area contributed by atoms with Crippen LogP contribution in [-0.2, 0) is 9.53 Å². The van der Waals surface area contributed by atoms with Gasteiger partial charge >= 0.3 is 0 Å². The Kier molecular flexibility index (Phi) is 10.9. The highest BCUT2D eigenvalue weighted by molar-refractivity contribution is 14.0. The Morgan fingerprint density at radius 2 is 1.91 bits per heavy atom. The van der Waals surface area contributed by atoms with Gasteiger partial charge in [0.15, 0.2) is 5.96 Å². The number of hydrogen-bond acceptors (Lipinski definition) is 4. The van der Waals surface area contributed by atoms with Crippen molar-refractivity contribution in [1.29, 1.82) is 0 Å². The van der Waals surface area contributed by atoms with Crippen LogP contribution in [-0.4, -0.2) is 49.3 Å². The zero-order valence-electron chi connectivity index (χ0n) is 18.6. The third kappa shape index (κ3) is 7.75. The van der Waals surface area contributed by atoms with E-state index in [2.05, 4.69) is 20.9 Å². The molecule has 0 spiro atoms. The lowest BCUT2D eigenvalue weighted by Crippen LogP contribution is -2.41. The number of nitrogens with zero attached hydrogens (tertiary/aromatic N) is 1. The number of benzene rings is 2. The first-order valence-electron chi connectivity index (χ1n) is 10.8. The number of aliphatic hydroxyl groups is 1. The first-order chi connectivity index (χ1) is 15.1. The van der Waals surface area contributed by atoms with Crippen molar-refractivity contribution in [1.82, 2.24) is 10.6 Å². The maximum atomic E-state index is 12.0. The molecule has 2 aromatic carbocycles. The van der Waals surface area contributed by atoms with Crippen molar-refractivity contribution in [2.75, 3.05) is 31.6 Å². The highest BCUT2D eigenvalue weighted by atomic mass is 127. The highest BCUT2D eigenvalue weighted by Gasteiger charge is 2.24. The average molecular weight is 552 g/mol. The van der Waals surface area contributed by atoms with Crippen molar-refractivity contribution in [3.05, 3.63) is 65.7 Å². The van der Waals surface area contributed by atoms with E-state index in [0.717, 1.165) is 16.8 Å². The topological polar surface area (TPSA) is 95.0 Å². The summed E-state index contributed by atoms with van der Waals surface area (Å²) in [6.45, 7) is 5.66.